The van der Waals surface area contributed by atoms with Crippen molar-refractivity contribution in [3.8, 4) is 0 Å². The van der Waals surface area contributed by atoms with Crippen LogP contribution >= 0.6 is 0 Å². The van der Waals surface area contributed by atoms with Crippen molar-refractivity contribution in [1.29, 1.82) is 0 Å². The van der Waals surface area contributed by atoms with Crippen LogP contribution in [0, 0.1) is 10.1 Å². The summed E-state index contributed by atoms with van der Waals surface area (Å²) < 4.78 is 0. The molecule has 0 atom stereocenters. The van der Waals surface area contributed by atoms with Crippen LogP contribution in [0.25, 0.3) is 0 Å². The van der Waals surface area contributed by atoms with Gasteiger partial charge in [-0.1, -0.05) is 12.1 Å². The summed E-state index contributed by atoms with van der Waals surface area (Å²) in [6.45, 7) is 0.358. The van der Waals surface area contributed by atoms with Gasteiger partial charge in [0.15, 0.2) is 0 Å². The van der Waals surface area contributed by atoms with Gasteiger partial charge in [-0.3, -0.25) is 19.9 Å². The highest BCUT2D eigenvalue weighted by Crippen LogP contribution is 2.25. The van der Waals surface area contributed by atoms with Crippen molar-refractivity contribution in [3.63, 3.8) is 0 Å². The zero-order chi connectivity index (χ0) is 15.2. The van der Waals surface area contributed by atoms with Crippen LogP contribution in [0.15, 0.2) is 42.7 Å². The number of hydrogen-bond acceptors (Lipinski definition) is 5. The van der Waals surface area contributed by atoms with E-state index >= 15 is 0 Å². The molecule has 0 aliphatic rings. The fourth-order valence-corrected chi connectivity index (χ4v) is 1.91. The van der Waals surface area contributed by atoms with E-state index in [1.807, 2.05) is 6.07 Å². The fraction of sp³-hybridized carbons (Fsp3) is 0.143. The summed E-state index contributed by atoms with van der Waals surface area (Å²) in [6, 6.07) is 7.98. The zero-order valence-electron chi connectivity index (χ0n) is 11.2. The molecule has 1 aromatic heterocycles. The van der Waals surface area contributed by atoms with Crippen molar-refractivity contribution >= 4 is 17.3 Å². The van der Waals surface area contributed by atoms with Crippen molar-refractivity contribution < 1.29 is 9.72 Å². The van der Waals surface area contributed by atoms with Gasteiger partial charge in [-0.05, 0) is 30.2 Å². The number of benzene rings is 1. The molecule has 0 saturated heterocycles. The number of carbonyl (C=O) groups is 1. The molecule has 0 bridgehead atoms. The van der Waals surface area contributed by atoms with Crippen LogP contribution < -0.4 is 11.1 Å². The quantitative estimate of drug-likeness (QED) is 0.492. The molecule has 0 saturated carbocycles. The van der Waals surface area contributed by atoms with Crippen molar-refractivity contribution in [2.24, 2.45) is 0 Å². The Morgan fingerprint density at radius 2 is 2.14 bits per heavy atom. The molecule has 2 aromatic rings. The largest absolute Gasteiger partial charge is 0.393 e. The molecule has 2 rings (SSSR count). The van der Waals surface area contributed by atoms with Crippen LogP contribution in [-0.4, -0.2) is 22.4 Å². The molecule has 1 aromatic carbocycles. The number of para-hydroxylation sites is 1. The fourth-order valence-electron chi connectivity index (χ4n) is 1.91. The lowest BCUT2D eigenvalue weighted by Crippen LogP contribution is -2.26. The number of carbonyl (C=O) groups excluding carboxylic acids is 1. The first kappa shape index (κ1) is 14.4. The smallest absolute Gasteiger partial charge is 0.304 e. The Balaban J connectivity index is 2.04. The Hall–Kier alpha value is -2.96. The van der Waals surface area contributed by atoms with Gasteiger partial charge in [0, 0.05) is 18.9 Å². The van der Waals surface area contributed by atoms with Gasteiger partial charge in [0.25, 0.3) is 5.91 Å². The van der Waals surface area contributed by atoms with Crippen LogP contribution in [0.4, 0.5) is 11.4 Å². The zero-order valence-corrected chi connectivity index (χ0v) is 11.2. The number of nitrogens with zero attached hydrogens (tertiary/aromatic N) is 2. The third-order valence-corrected chi connectivity index (χ3v) is 2.92. The van der Waals surface area contributed by atoms with Crippen LogP contribution in [0.2, 0.25) is 0 Å². The second-order valence-electron chi connectivity index (χ2n) is 4.37. The summed E-state index contributed by atoms with van der Waals surface area (Å²) in [4.78, 5) is 26.3. The van der Waals surface area contributed by atoms with Crippen molar-refractivity contribution in [1.82, 2.24) is 10.3 Å². The number of hydrogen-bond donors (Lipinski definition) is 2. The average molecular weight is 286 g/mol. The monoisotopic (exact) mass is 286 g/mol. The molecule has 0 radical (unpaired) electrons. The summed E-state index contributed by atoms with van der Waals surface area (Å²) in [5, 5.41) is 13.6. The van der Waals surface area contributed by atoms with E-state index in [1.54, 1.807) is 18.5 Å². The van der Waals surface area contributed by atoms with Gasteiger partial charge in [0.05, 0.1) is 4.92 Å². The first-order valence-corrected chi connectivity index (χ1v) is 6.29. The molecule has 21 heavy (non-hydrogen) atoms. The molecule has 1 heterocycles. The van der Waals surface area contributed by atoms with E-state index in [0.29, 0.717) is 13.0 Å². The number of nitrogens with two attached hydrogens (primary N) is 1. The predicted molar refractivity (Wildman–Crippen MR) is 77.8 cm³/mol. The van der Waals surface area contributed by atoms with E-state index in [4.69, 9.17) is 5.73 Å². The van der Waals surface area contributed by atoms with Gasteiger partial charge in [0.2, 0.25) is 0 Å². The lowest BCUT2D eigenvalue weighted by molar-refractivity contribution is -0.384. The van der Waals surface area contributed by atoms with Gasteiger partial charge in [-0.2, -0.15) is 0 Å². The standard InChI is InChI=1S/C14H14N4O3/c15-12-5-1-4-11(13(12)18(20)21)14(19)17-8-6-10-3-2-7-16-9-10/h1-5,7,9H,6,8,15H2,(H,17,19). The van der Waals surface area contributed by atoms with Crippen molar-refractivity contribution in [2.75, 3.05) is 12.3 Å². The first-order valence-electron chi connectivity index (χ1n) is 6.29. The number of nitrogens with one attached hydrogen (secondary N) is 1. The average Bonchev–Trinajstić information content (AvgIpc) is 2.47. The SMILES string of the molecule is Nc1cccc(C(=O)NCCc2cccnc2)c1[N+](=O)[O-]. The maximum atomic E-state index is 12.0. The van der Waals surface area contributed by atoms with E-state index < -0.39 is 10.8 Å². The molecule has 108 valence electrons. The highest BCUT2D eigenvalue weighted by molar-refractivity contribution is 6.00. The minimum Gasteiger partial charge on any atom is -0.393 e. The van der Waals surface area contributed by atoms with Gasteiger partial charge in [-0.25, -0.2) is 0 Å². The number of anilines is 1. The summed E-state index contributed by atoms with van der Waals surface area (Å²) in [7, 11) is 0. The number of pyridine rings is 1. The topological polar surface area (TPSA) is 111 Å². The third kappa shape index (κ3) is 3.53. The lowest BCUT2D eigenvalue weighted by Gasteiger charge is -2.07. The number of nitrogen functional groups attached to an aromatic ring is 1. The first-order chi connectivity index (χ1) is 10.1. The molecule has 0 aliphatic heterocycles. The molecule has 0 fully saturated rings. The number of amides is 1. The molecular weight excluding hydrogens is 272 g/mol. The molecule has 7 heteroatoms. The van der Waals surface area contributed by atoms with Crippen molar-refractivity contribution in [2.45, 2.75) is 6.42 Å². The van der Waals surface area contributed by atoms with Gasteiger partial charge in [-0.15, -0.1) is 0 Å². The highest BCUT2D eigenvalue weighted by Gasteiger charge is 2.22. The van der Waals surface area contributed by atoms with Crippen LogP contribution in [0.1, 0.15) is 15.9 Å². The third-order valence-electron chi connectivity index (χ3n) is 2.92. The number of rotatable bonds is 5. The number of aromatic nitrogens is 1. The molecule has 0 aliphatic carbocycles. The Bertz CT molecular complexity index is 659. The van der Waals surface area contributed by atoms with Gasteiger partial charge >= 0.3 is 5.69 Å². The van der Waals surface area contributed by atoms with E-state index in [1.165, 1.54) is 18.2 Å². The van der Waals surface area contributed by atoms with E-state index in [9.17, 15) is 14.9 Å². The Kier molecular flexibility index (Phi) is 4.45. The summed E-state index contributed by atoms with van der Waals surface area (Å²) >= 11 is 0. The maximum absolute atomic E-state index is 12.0. The highest BCUT2D eigenvalue weighted by atomic mass is 16.6. The minimum absolute atomic E-state index is 0.0279. The molecule has 7 nitrogen and oxygen atoms in total. The molecule has 0 spiro atoms. The number of nitro benzene ring substituents is 1. The summed E-state index contributed by atoms with van der Waals surface area (Å²) in [6.07, 6.45) is 3.96. The van der Waals surface area contributed by atoms with Crippen LogP contribution in [-0.2, 0) is 6.42 Å². The molecule has 1 amide bonds. The van der Waals surface area contributed by atoms with E-state index in [-0.39, 0.29) is 16.9 Å². The number of nitro groups is 1. The summed E-state index contributed by atoms with van der Waals surface area (Å²) in [5.41, 5.74) is 6.09. The second-order valence-corrected chi connectivity index (χ2v) is 4.37. The Morgan fingerprint density at radius 3 is 2.81 bits per heavy atom. The second kappa shape index (κ2) is 6.47. The van der Waals surface area contributed by atoms with Crippen LogP contribution in [0.3, 0.4) is 0 Å². The van der Waals surface area contributed by atoms with E-state index in [0.717, 1.165) is 5.56 Å². The molecular formula is C14H14N4O3. The van der Waals surface area contributed by atoms with E-state index in [2.05, 4.69) is 10.3 Å². The Morgan fingerprint density at radius 1 is 1.33 bits per heavy atom. The van der Waals surface area contributed by atoms with Crippen molar-refractivity contribution in [3.05, 3.63) is 64.0 Å². The van der Waals surface area contributed by atoms with Gasteiger partial charge < -0.3 is 11.1 Å². The van der Waals surface area contributed by atoms with Crippen LogP contribution in [0.5, 0.6) is 0 Å². The minimum atomic E-state index is -0.647. The maximum Gasteiger partial charge on any atom is 0.304 e. The molecule has 0 unspecified atom stereocenters. The normalized spacial score (nSPS) is 10.1. The lowest BCUT2D eigenvalue weighted by atomic mass is 10.1. The predicted octanol–water partition coefficient (Wildman–Crippen LogP) is 1.54. The Labute approximate surface area is 121 Å². The van der Waals surface area contributed by atoms with Gasteiger partial charge in [0.1, 0.15) is 11.3 Å². The molecule has 3 N–H and O–H groups in total. The summed E-state index contributed by atoms with van der Waals surface area (Å²) in [5.74, 6) is -0.516.